The normalized spacial score (nSPS) is 20.5. The van der Waals surface area contributed by atoms with Crippen molar-refractivity contribution in [1.29, 1.82) is 5.26 Å². The summed E-state index contributed by atoms with van der Waals surface area (Å²) < 4.78 is 1.51. The van der Waals surface area contributed by atoms with Gasteiger partial charge >= 0.3 is 5.69 Å². The molecule has 1 aliphatic heterocycles. The van der Waals surface area contributed by atoms with Gasteiger partial charge in [0.25, 0.3) is 0 Å². The first-order valence-electron chi connectivity index (χ1n) is 14.2. The van der Waals surface area contributed by atoms with Crippen molar-refractivity contribution >= 4 is 28.2 Å². The van der Waals surface area contributed by atoms with Crippen LogP contribution in [0.1, 0.15) is 79.0 Å². The maximum absolute atomic E-state index is 12.9. The summed E-state index contributed by atoms with van der Waals surface area (Å²) in [5.74, 6) is 1.20. The van der Waals surface area contributed by atoms with Gasteiger partial charge < -0.3 is 4.90 Å². The van der Waals surface area contributed by atoms with Gasteiger partial charge in [-0.25, -0.2) is 14.8 Å². The lowest BCUT2D eigenvalue weighted by atomic mass is 9.96. The summed E-state index contributed by atoms with van der Waals surface area (Å²) in [7, 11) is 1.70. The van der Waals surface area contributed by atoms with Crippen LogP contribution in [0.2, 0.25) is 0 Å². The van der Waals surface area contributed by atoms with Crippen LogP contribution in [-0.4, -0.2) is 49.6 Å². The number of aryl methyl sites for hydroxylation is 2. The van der Waals surface area contributed by atoms with Crippen LogP contribution in [0.5, 0.6) is 0 Å². The summed E-state index contributed by atoms with van der Waals surface area (Å²) in [6.45, 7) is 8.07. The van der Waals surface area contributed by atoms with E-state index in [0.717, 1.165) is 24.4 Å². The van der Waals surface area contributed by atoms with E-state index >= 15 is 0 Å². The second-order valence-corrected chi connectivity index (χ2v) is 12.0. The maximum Gasteiger partial charge on any atom is 0.349 e. The Hall–Kier alpha value is -3.61. The quantitative estimate of drug-likeness (QED) is 0.306. The number of piperazine rings is 1. The predicted octanol–water partition coefficient (Wildman–Crippen LogP) is 5.31. The Bertz CT molecular complexity index is 1630. The van der Waals surface area contributed by atoms with Crippen molar-refractivity contribution in [2.24, 2.45) is 7.05 Å². The van der Waals surface area contributed by atoms with Crippen LogP contribution in [-0.2, 0) is 7.05 Å². The fourth-order valence-corrected chi connectivity index (χ4v) is 6.99. The highest BCUT2D eigenvalue weighted by molar-refractivity contribution is 7.09. The van der Waals surface area contributed by atoms with E-state index in [1.165, 1.54) is 34.2 Å². The minimum Gasteiger partial charge on any atom is -0.349 e. The molecule has 8 nitrogen and oxygen atoms in total. The number of nitrogens with zero attached hydrogens (tertiary/aromatic N) is 7. The molecule has 40 heavy (non-hydrogen) atoms. The zero-order chi connectivity index (χ0) is 28.0. The van der Waals surface area contributed by atoms with E-state index in [0.29, 0.717) is 35.0 Å². The van der Waals surface area contributed by atoms with Crippen LogP contribution in [0.3, 0.4) is 0 Å². The molecular weight excluding hydrogens is 518 g/mol. The molecule has 0 amide bonds. The molecule has 0 unspecified atom stereocenters. The van der Waals surface area contributed by atoms with Gasteiger partial charge in [0.15, 0.2) is 5.82 Å². The summed E-state index contributed by atoms with van der Waals surface area (Å²) >= 11 is 1.78. The molecule has 3 atom stereocenters. The van der Waals surface area contributed by atoms with Crippen molar-refractivity contribution in [3.63, 3.8) is 0 Å². The van der Waals surface area contributed by atoms with Gasteiger partial charge in [0.2, 0.25) is 0 Å². The Labute approximate surface area is 238 Å². The fraction of sp³-hybridized carbons (Fsp3) is 0.452. The molecule has 0 radical (unpaired) electrons. The highest BCUT2D eigenvalue weighted by atomic mass is 32.1. The Kier molecular flexibility index (Phi) is 7.15. The molecule has 6 rings (SSSR count). The van der Waals surface area contributed by atoms with Crippen molar-refractivity contribution in [3.05, 3.63) is 79.8 Å². The van der Waals surface area contributed by atoms with E-state index in [-0.39, 0.29) is 23.8 Å². The number of nitriles is 1. The van der Waals surface area contributed by atoms with Crippen LogP contribution in [0.15, 0.2) is 46.6 Å². The first-order valence-corrected chi connectivity index (χ1v) is 15.1. The molecule has 2 aliphatic rings. The van der Waals surface area contributed by atoms with Gasteiger partial charge in [-0.3, -0.25) is 9.47 Å². The lowest BCUT2D eigenvalue weighted by molar-refractivity contribution is 0.110. The van der Waals surface area contributed by atoms with Gasteiger partial charge in [-0.2, -0.15) is 10.2 Å². The third-order valence-electron chi connectivity index (χ3n) is 8.50. The van der Waals surface area contributed by atoms with Gasteiger partial charge in [-0.15, -0.1) is 11.3 Å². The number of anilines is 1. The number of hydrogen-bond donors (Lipinski definition) is 0. The lowest BCUT2D eigenvalue weighted by Crippen LogP contribution is -2.59. The average molecular weight is 554 g/mol. The van der Waals surface area contributed by atoms with Gasteiger partial charge in [-0.1, -0.05) is 43.7 Å². The first kappa shape index (κ1) is 26.6. The smallest absolute Gasteiger partial charge is 0.349 e. The molecular formula is C31H35N7OS. The summed E-state index contributed by atoms with van der Waals surface area (Å²) in [5.41, 5.74) is 5.05. The molecule has 4 aromatic rings. The third-order valence-corrected chi connectivity index (χ3v) is 9.41. The third kappa shape index (κ3) is 4.80. The van der Waals surface area contributed by atoms with E-state index in [9.17, 15) is 10.1 Å². The number of aromatic nitrogens is 4. The zero-order valence-corrected chi connectivity index (χ0v) is 24.4. The van der Waals surface area contributed by atoms with Gasteiger partial charge in [0, 0.05) is 43.5 Å². The number of benzene rings is 1. The number of rotatable bonds is 7. The zero-order valence-electron chi connectivity index (χ0n) is 23.5. The second-order valence-electron chi connectivity index (χ2n) is 11.1. The van der Waals surface area contributed by atoms with Crippen LogP contribution in [0.25, 0.3) is 11.0 Å². The predicted molar refractivity (Wildman–Crippen MR) is 159 cm³/mol. The average Bonchev–Trinajstić information content (AvgIpc) is 3.72. The lowest BCUT2D eigenvalue weighted by Gasteiger charge is -2.49. The molecule has 0 N–H and O–H groups in total. The Morgan fingerprint density at radius 3 is 2.45 bits per heavy atom. The molecule has 4 heterocycles. The van der Waals surface area contributed by atoms with Gasteiger partial charge in [0.1, 0.15) is 22.3 Å². The molecule has 3 aromatic heterocycles. The maximum atomic E-state index is 12.9. The van der Waals surface area contributed by atoms with E-state index in [4.69, 9.17) is 4.98 Å². The summed E-state index contributed by atoms with van der Waals surface area (Å²) in [4.78, 5) is 32.2. The highest BCUT2D eigenvalue weighted by Gasteiger charge is 2.40. The van der Waals surface area contributed by atoms with Gasteiger partial charge in [0.05, 0.1) is 17.3 Å². The Morgan fingerprint density at radius 1 is 1.02 bits per heavy atom. The topological polar surface area (TPSA) is 90.9 Å². The number of fused-ring (bicyclic) bond motifs is 1. The van der Waals surface area contributed by atoms with Crippen LogP contribution in [0, 0.1) is 18.3 Å². The molecule has 206 valence electrons. The minimum atomic E-state index is -0.313. The Balaban J connectivity index is 1.43. The molecule has 1 saturated carbocycles. The summed E-state index contributed by atoms with van der Waals surface area (Å²) in [6.07, 6.45) is 4.31. The SMILES string of the molecule is CC[C@H]1CN([C@@H](c2ccc(C)cc2)c2nc(C3CC3)cs2)[C@H](CC)CN1c1nc(=O)n(C)c2ccc(C#N)nc12. The van der Waals surface area contributed by atoms with E-state index in [1.54, 1.807) is 30.5 Å². The highest BCUT2D eigenvalue weighted by Crippen LogP contribution is 2.43. The van der Waals surface area contributed by atoms with Crippen molar-refractivity contribution in [1.82, 2.24) is 24.4 Å². The number of thiazole rings is 1. The molecule has 2 fully saturated rings. The van der Waals surface area contributed by atoms with Crippen LogP contribution >= 0.6 is 11.3 Å². The molecule has 1 aliphatic carbocycles. The minimum absolute atomic E-state index is 0.0657. The van der Waals surface area contributed by atoms with Crippen molar-refractivity contribution in [3.8, 4) is 6.07 Å². The van der Waals surface area contributed by atoms with Crippen LogP contribution < -0.4 is 10.6 Å². The van der Waals surface area contributed by atoms with Gasteiger partial charge in [-0.05, 0) is 50.3 Å². The van der Waals surface area contributed by atoms with E-state index in [1.807, 2.05) is 0 Å². The van der Waals surface area contributed by atoms with E-state index in [2.05, 4.69) is 76.3 Å². The van der Waals surface area contributed by atoms with Crippen molar-refractivity contribution in [2.75, 3.05) is 18.0 Å². The van der Waals surface area contributed by atoms with Crippen molar-refractivity contribution in [2.45, 2.75) is 70.5 Å². The number of pyridine rings is 1. The molecule has 9 heteroatoms. The first-order chi connectivity index (χ1) is 19.4. The molecule has 1 saturated heterocycles. The molecule has 0 bridgehead atoms. The summed E-state index contributed by atoms with van der Waals surface area (Å²) in [5, 5.41) is 13.0. The Morgan fingerprint density at radius 2 is 1.77 bits per heavy atom. The summed E-state index contributed by atoms with van der Waals surface area (Å²) in [6, 6.07) is 14.9. The largest absolute Gasteiger partial charge is 0.349 e. The second kappa shape index (κ2) is 10.8. The monoisotopic (exact) mass is 553 g/mol. The molecule has 0 spiro atoms. The fourth-order valence-electron chi connectivity index (χ4n) is 5.95. The van der Waals surface area contributed by atoms with E-state index < -0.39 is 0 Å². The standard InChI is InChI=1S/C31H35N7OS/c1-5-23-17-38(29-27-26(36(4)31(39)35-29)14-13-22(15-32)33-27)24(6-2)16-37(23)28(21-9-7-19(3)8-10-21)30-34-25(18-40-30)20-11-12-20/h7-10,13-14,18,20,23-24,28H,5-6,11-12,16-17H2,1-4H3/t23-,24+,28+/m1/s1. The molecule has 1 aromatic carbocycles. The van der Waals surface area contributed by atoms with Crippen molar-refractivity contribution < 1.29 is 0 Å². The van der Waals surface area contributed by atoms with Crippen LogP contribution in [0.4, 0.5) is 5.82 Å². The number of hydrogen-bond acceptors (Lipinski definition) is 8.